The summed E-state index contributed by atoms with van der Waals surface area (Å²) in [7, 11) is -3.95. The van der Waals surface area contributed by atoms with Crippen molar-refractivity contribution in [3.05, 3.63) is 93.5 Å². The number of aromatic nitrogens is 1. The van der Waals surface area contributed by atoms with Gasteiger partial charge in [-0.25, -0.2) is 17.8 Å². The van der Waals surface area contributed by atoms with E-state index in [1.165, 1.54) is 35.6 Å². The first-order valence-corrected chi connectivity index (χ1v) is 12.4. The van der Waals surface area contributed by atoms with Crippen molar-refractivity contribution in [2.75, 3.05) is 10.0 Å². The van der Waals surface area contributed by atoms with Gasteiger partial charge in [-0.15, -0.1) is 11.3 Å². The zero-order valence-electron chi connectivity index (χ0n) is 16.6. The molecule has 33 heavy (non-hydrogen) atoms. The molecule has 0 saturated heterocycles. The summed E-state index contributed by atoms with van der Waals surface area (Å²) in [5, 5.41) is 5.74. The summed E-state index contributed by atoms with van der Waals surface area (Å²) >= 11 is 13.4. The fourth-order valence-electron chi connectivity index (χ4n) is 2.87. The summed E-state index contributed by atoms with van der Waals surface area (Å²) in [5.41, 5.74) is 1.59. The van der Waals surface area contributed by atoms with E-state index in [1.807, 2.05) is 0 Å². The SMILES string of the molecule is O=C(Nc1nc(-c2cc(Cl)ccc2Cl)cs1)c1cccc(NS(=O)(=O)c2ccc(F)cc2)c1. The Balaban J connectivity index is 1.50. The zero-order chi connectivity index (χ0) is 23.6. The molecule has 4 rings (SSSR count). The molecule has 0 bridgehead atoms. The Morgan fingerprint density at radius 1 is 1.00 bits per heavy atom. The summed E-state index contributed by atoms with van der Waals surface area (Å²) in [4.78, 5) is 17.0. The molecule has 0 radical (unpaired) electrons. The van der Waals surface area contributed by atoms with Crippen LogP contribution in [0.25, 0.3) is 11.3 Å². The molecule has 0 saturated carbocycles. The lowest BCUT2D eigenvalue weighted by Crippen LogP contribution is -2.15. The second kappa shape index (κ2) is 9.48. The fraction of sp³-hybridized carbons (Fsp3) is 0. The average Bonchev–Trinajstić information content (AvgIpc) is 3.24. The van der Waals surface area contributed by atoms with Crippen molar-refractivity contribution in [1.82, 2.24) is 4.98 Å². The molecule has 1 aromatic heterocycles. The first kappa shape index (κ1) is 23.2. The number of carbonyl (C=O) groups excluding carboxylic acids is 1. The quantitative estimate of drug-likeness (QED) is 0.311. The van der Waals surface area contributed by atoms with E-state index in [0.29, 0.717) is 26.4 Å². The Kier molecular flexibility index (Phi) is 6.66. The molecule has 0 aliphatic rings. The van der Waals surface area contributed by atoms with Gasteiger partial charge in [-0.3, -0.25) is 14.8 Å². The highest BCUT2D eigenvalue weighted by Gasteiger charge is 2.16. The fourth-order valence-corrected chi connectivity index (χ4v) is 5.01. The summed E-state index contributed by atoms with van der Waals surface area (Å²) < 4.78 is 40.5. The maximum Gasteiger partial charge on any atom is 0.261 e. The van der Waals surface area contributed by atoms with Crippen LogP contribution in [0.15, 0.2) is 77.0 Å². The third kappa shape index (κ3) is 5.51. The molecule has 3 aromatic carbocycles. The first-order chi connectivity index (χ1) is 15.7. The van der Waals surface area contributed by atoms with E-state index in [0.717, 1.165) is 24.3 Å². The van der Waals surface area contributed by atoms with E-state index in [9.17, 15) is 17.6 Å². The monoisotopic (exact) mass is 521 g/mol. The number of carbonyl (C=O) groups is 1. The van der Waals surface area contributed by atoms with Crippen molar-refractivity contribution < 1.29 is 17.6 Å². The summed E-state index contributed by atoms with van der Waals surface area (Å²) in [6, 6.07) is 15.4. The largest absolute Gasteiger partial charge is 0.298 e. The highest BCUT2D eigenvalue weighted by atomic mass is 35.5. The molecule has 0 unspecified atom stereocenters. The van der Waals surface area contributed by atoms with Crippen molar-refractivity contribution in [3.63, 3.8) is 0 Å². The number of sulfonamides is 1. The number of hydrogen-bond donors (Lipinski definition) is 2. The number of rotatable bonds is 6. The number of halogens is 3. The topological polar surface area (TPSA) is 88.2 Å². The summed E-state index contributed by atoms with van der Waals surface area (Å²) in [6.07, 6.45) is 0. The predicted molar refractivity (Wildman–Crippen MR) is 129 cm³/mol. The van der Waals surface area contributed by atoms with Gasteiger partial charge in [0.2, 0.25) is 0 Å². The minimum atomic E-state index is -3.95. The maximum atomic E-state index is 13.1. The number of amides is 1. The Bertz CT molecular complexity index is 1440. The lowest BCUT2D eigenvalue weighted by atomic mass is 10.2. The number of thiazole rings is 1. The number of anilines is 2. The molecule has 6 nitrogen and oxygen atoms in total. The van der Waals surface area contributed by atoms with Crippen LogP contribution in [-0.2, 0) is 10.0 Å². The van der Waals surface area contributed by atoms with E-state index >= 15 is 0 Å². The van der Waals surface area contributed by atoms with Crippen LogP contribution in [0.2, 0.25) is 10.0 Å². The third-order valence-corrected chi connectivity index (χ3v) is 7.15. The van der Waals surface area contributed by atoms with Crippen LogP contribution < -0.4 is 10.0 Å². The maximum absolute atomic E-state index is 13.1. The van der Waals surface area contributed by atoms with Crippen LogP contribution in [0, 0.1) is 5.82 Å². The zero-order valence-corrected chi connectivity index (χ0v) is 19.7. The molecule has 0 spiro atoms. The van der Waals surface area contributed by atoms with E-state index in [1.54, 1.807) is 23.6 Å². The normalized spacial score (nSPS) is 11.2. The number of benzene rings is 3. The van der Waals surface area contributed by atoms with E-state index in [4.69, 9.17) is 23.2 Å². The second-order valence-electron chi connectivity index (χ2n) is 6.76. The molecule has 0 aliphatic heterocycles. The minimum absolute atomic E-state index is 0.103. The van der Waals surface area contributed by atoms with Gasteiger partial charge >= 0.3 is 0 Å². The molecule has 0 atom stereocenters. The molecule has 168 valence electrons. The van der Waals surface area contributed by atoms with Gasteiger partial charge < -0.3 is 0 Å². The Labute approximate surface area is 203 Å². The van der Waals surface area contributed by atoms with Gasteiger partial charge in [-0.05, 0) is 60.7 Å². The lowest BCUT2D eigenvalue weighted by molar-refractivity contribution is 0.102. The summed E-state index contributed by atoms with van der Waals surface area (Å²) in [6.45, 7) is 0. The van der Waals surface area contributed by atoms with Gasteiger partial charge in [0.05, 0.1) is 15.6 Å². The minimum Gasteiger partial charge on any atom is -0.298 e. The van der Waals surface area contributed by atoms with Crippen LogP contribution in [0.3, 0.4) is 0 Å². The molecular formula is C22H14Cl2FN3O3S2. The summed E-state index contributed by atoms with van der Waals surface area (Å²) in [5.74, 6) is -1.02. The van der Waals surface area contributed by atoms with E-state index < -0.39 is 21.7 Å². The van der Waals surface area contributed by atoms with Gasteiger partial charge in [-0.1, -0.05) is 29.3 Å². The number of nitrogens with zero attached hydrogens (tertiary/aromatic N) is 1. The van der Waals surface area contributed by atoms with E-state index in [-0.39, 0.29) is 16.1 Å². The van der Waals surface area contributed by atoms with Crippen LogP contribution in [0.1, 0.15) is 10.4 Å². The van der Waals surface area contributed by atoms with Gasteiger partial charge in [0.1, 0.15) is 5.82 Å². The Hall–Kier alpha value is -2.98. The molecule has 0 fully saturated rings. The molecular weight excluding hydrogens is 508 g/mol. The van der Waals surface area contributed by atoms with Crippen molar-refractivity contribution in [1.29, 1.82) is 0 Å². The predicted octanol–water partition coefficient (Wildman–Crippen LogP) is 6.31. The van der Waals surface area contributed by atoms with Gasteiger partial charge in [0, 0.05) is 27.2 Å². The second-order valence-corrected chi connectivity index (χ2v) is 10.1. The molecule has 1 amide bonds. The number of hydrogen-bond acceptors (Lipinski definition) is 5. The van der Waals surface area contributed by atoms with Crippen molar-refractivity contribution in [2.45, 2.75) is 4.90 Å². The lowest BCUT2D eigenvalue weighted by Gasteiger charge is -2.09. The van der Waals surface area contributed by atoms with E-state index in [2.05, 4.69) is 15.0 Å². The first-order valence-electron chi connectivity index (χ1n) is 9.32. The molecule has 11 heteroatoms. The van der Waals surface area contributed by atoms with Crippen LogP contribution in [-0.4, -0.2) is 19.3 Å². The smallest absolute Gasteiger partial charge is 0.261 e. The van der Waals surface area contributed by atoms with Crippen molar-refractivity contribution >= 4 is 61.3 Å². The third-order valence-electron chi connectivity index (χ3n) is 4.43. The molecule has 0 aliphatic carbocycles. The standard InChI is InChI=1S/C22H14Cl2FN3O3S2/c23-14-4-9-19(24)18(11-14)20-12-32-22(26-20)27-21(29)13-2-1-3-16(10-13)28-33(30,31)17-7-5-15(25)6-8-17/h1-12,28H,(H,26,27,29). The Morgan fingerprint density at radius 2 is 1.76 bits per heavy atom. The van der Waals surface area contributed by atoms with Crippen molar-refractivity contribution in [3.8, 4) is 11.3 Å². The highest BCUT2D eigenvalue weighted by Crippen LogP contribution is 2.32. The molecule has 2 N–H and O–H groups in total. The van der Waals surface area contributed by atoms with Crippen LogP contribution in [0.5, 0.6) is 0 Å². The van der Waals surface area contributed by atoms with Crippen LogP contribution >= 0.6 is 34.5 Å². The van der Waals surface area contributed by atoms with Gasteiger partial charge in [0.15, 0.2) is 5.13 Å². The Morgan fingerprint density at radius 3 is 2.52 bits per heavy atom. The van der Waals surface area contributed by atoms with Gasteiger partial charge in [-0.2, -0.15) is 0 Å². The van der Waals surface area contributed by atoms with Crippen LogP contribution in [0.4, 0.5) is 15.2 Å². The number of nitrogens with one attached hydrogen (secondary N) is 2. The van der Waals surface area contributed by atoms with Gasteiger partial charge in [0.25, 0.3) is 15.9 Å². The molecule has 4 aromatic rings. The molecule has 1 heterocycles. The van der Waals surface area contributed by atoms with Crippen molar-refractivity contribution in [2.24, 2.45) is 0 Å². The highest BCUT2D eigenvalue weighted by molar-refractivity contribution is 7.92. The average molecular weight is 522 g/mol.